The number of carbonyl (C=O) groups excluding carboxylic acids is 3. The number of hydrogen-bond donors (Lipinski definition) is 5. The van der Waals surface area contributed by atoms with Crippen molar-refractivity contribution in [1.29, 1.82) is 0 Å². The number of aliphatic carboxylic acids is 1. The largest absolute Gasteiger partial charge is 0.490 e. The van der Waals surface area contributed by atoms with Crippen molar-refractivity contribution in [3.8, 4) is 11.1 Å². The van der Waals surface area contributed by atoms with E-state index in [4.69, 9.17) is 24.8 Å². The van der Waals surface area contributed by atoms with Crippen molar-refractivity contribution in [3.63, 3.8) is 0 Å². The molecule has 57 heavy (non-hydrogen) atoms. The number of carbonyl (C=O) groups is 4. The molecule has 2 aliphatic carbocycles. The lowest BCUT2D eigenvalue weighted by Crippen LogP contribution is -2.53. The van der Waals surface area contributed by atoms with Crippen LogP contribution in [-0.4, -0.2) is 60.4 Å². The molecule has 0 spiro atoms. The molecule has 2 atom stereocenters. The zero-order valence-electron chi connectivity index (χ0n) is 31.5. The number of nitrogens with two attached hydrogens (primary N) is 1. The van der Waals surface area contributed by atoms with Gasteiger partial charge < -0.3 is 35.9 Å². The first-order valence-electron chi connectivity index (χ1n) is 19.0. The van der Waals surface area contributed by atoms with Gasteiger partial charge in [0.15, 0.2) is 0 Å². The molecule has 0 radical (unpaired) electrons. The van der Waals surface area contributed by atoms with Gasteiger partial charge >= 0.3 is 23.9 Å². The minimum absolute atomic E-state index is 0.110. The molecule has 1 fully saturated rings. The fourth-order valence-electron chi connectivity index (χ4n) is 7.44. The van der Waals surface area contributed by atoms with Gasteiger partial charge in [-0.25, -0.2) is 14.4 Å². The molecule has 0 unspecified atom stereocenters. The summed E-state index contributed by atoms with van der Waals surface area (Å²) in [5, 5.41) is 16.6. The summed E-state index contributed by atoms with van der Waals surface area (Å²) < 4.78 is 42.9. The Kier molecular flexibility index (Phi) is 14.5. The summed E-state index contributed by atoms with van der Waals surface area (Å²) in [6, 6.07) is 21.0. The van der Waals surface area contributed by atoms with E-state index in [1.807, 2.05) is 31.2 Å². The van der Waals surface area contributed by atoms with Crippen molar-refractivity contribution in [3.05, 3.63) is 99.9 Å². The normalized spacial score (nSPS) is 15.0. The summed E-state index contributed by atoms with van der Waals surface area (Å²) >= 11 is 0. The van der Waals surface area contributed by atoms with Gasteiger partial charge in [-0.15, -0.1) is 0 Å². The standard InChI is InChI=1S/C40H46N4O6.C2HF3O2/c1-25-21-37(45)50-36-23-27(18-19-28(25)36)42-38(46)34(17-9-10-20-41)43-39(47)35(22-26-11-3-2-4-12-26)44-40(48)49-24-33-31-15-7-5-13-29(31)30-14-6-8-16-32(30)33;3-2(4,5)1(6)7/h5-8,13-16,18-19,21,23,26,33-35H,2-4,9-12,17,20,22,24,41H2,1H3,(H,42,46)(H,43,47)(H,44,48);(H,6,7)/t34-,35-;/m0./s1. The van der Waals surface area contributed by atoms with Crippen LogP contribution >= 0.6 is 0 Å². The van der Waals surface area contributed by atoms with Crippen molar-refractivity contribution in [2.45, 2.75) is 88.9 Å². The highest BCUT2D eigenvalue weighted by molar-refractivity contribution is 5.99. The number of nitrogens with one attached hydrogen (secondary N) is 3. The maximum Gasteiger partial charge on any atom is 0.490 e. The number of benzene rings is 3. The van der Waals surface area contributed by atoms with E-state index >= 15 is 0 Å². The van der Waals surface area contributed by atoms with Gasteiger partial charge in [0.2, 0.25) is 11.8 Å². The number of aryl methyl sites for hydroxylation is 1. The molecular weight excluding hydrogens is 745 g/mol. The number of fused-ring (bicyclic) bond motifs is 4. The molecule has 6 rings (SSSR count). The number of anilines is 1. The first kappa shape index (κ1) is 42.4. The third kappa shape index (κ3) is 11.4. The molecular formula is C42H47F3N4O8. The van der Waals surface area contributed by atoms with Crippen LogP contribution in [0.4, 0.5) is 23.7 Å². The van der Waals surface area contributed by atoms with Crippen LogP contribution < -0.4 is 27.3 Å². The van der Waals surface area contributed by atoms with Crippen LogP contribution in [0.3, 0.4) is 0 Å². The Morgan fingerprint density at radius 2 is 1.51 bits per heavy atom. The Morgan fingerprint density at radius 3 is 2.12 bits per heavy atom. The Labute approximate surface area is 327 Å². The number of hydrogen-bond acceptors (Lipinski definition) is 8. The highest BCUT2D eigenvalue weighted by Crippen LogP contribution is 2.44. The van der Waals surface area contributed by atoms with E-state index in [1.54, 1.807) is 18.2 Å². The van der Waals surface area contributed by atoms with Crippen LogP contribution in [0, 0.1) is 12.8 Å². The van der Waals surface area contributed by atoms with E-state index in [0.29, 0.717) is 43.5 Å². The molecule has 12 nitrogen and oxygen atoms in total. The van der Waals surface area contributed by atoms with Crippen LogP contribution in [0.25, 0.3) is 22.1 Å². The second-order valence-electron chi connectivity index (χ2n) is 14.4. The van der Waals surface area contributed by atoms with E-state index in [2.05, 4.69) is 40.2 Å². The molecule has 1 aromatic heterocycles. The number of carboxylic acids is 1. The van der Waals surface area contributed by atoms with E-state index in [1.165, 1.54) is 6.07 Å². The predicted octanol–water partition coefficient (Wildman–Crippen LogP) is 7.16. The maximum atomic E-state index is 14.0. The zero-order chi connectivity index (χ0) is 41.1. The number of unbranched alkanes of at least 4 members (excludes halogenated alkanes) is 1. The zero-order valence-corrected chi connectivity index (χ0v) is 31.5. The Balaban J connectivity index is 0.000000811. The molecule has 0 bridgehead atoms. The lowest BCUT2D eigenvalue weighted by Gasteiger charge is -2.28. The molecule has 3 aromatic carbocycles. The maximum absolute atomic E-state index is 14.0. The van der Waals surface area contributed by atoms with Gasteiger partial charge in [0, 0.05) is 29.1 Å². The molecule has 6 N–H and O–H groups in total. The third-order valence-corrected chi connectivity index (χ3v) is 10.3. The van der Waals surface area contributed by atoms with Gasteiger partial charge in [-0.05, 0) is 85.0 Å². The fraction of sp³-hybridized carbons (Fsp3) is 0.405. The highest BCUT2D eigenvalue weighted by atomic mass is 19.4. The summed E-state index contributed by atoms with van der Waals surface area (Å²) in [4.78, 5) is 61.8. The third-order valence-electron chi connectivity index (χ3n) is 10.3. The first-order valence-corrected chi connectivity index (χ1v) is 19.0. The molecule has 1 saturated carbocycles. The SMILES string of the molecule is Cc1cc(=O)oc2cc(NC(=O)[C@H](CCCCN)NC(=O)[C@H](CC3CCCCC3)NC(=O)OCC3c4ccccc4-c4ccccc43)ccc12.O=C(O)C(F)(F)F. The number of alkyl carbamates (subject to hydrolysis) is 1. The van der Waals surface area contributed by atoms with Crippen molar-refractivity contribution >= 4 is 40.5 Å². The fourth-order valence-corrected chi connectivity index (χ4v) is 7.44. The molecule has 15 heteroatoms. The van der Waals surface area contributed by atoms with Crippen molar-refractivity contribution < 1.29 is 46.6 Å². The summed E-state index contributed by atoms with van der Waals surface area (Å²) in [7, 11) is 0. The molecule has 4 aromatic rings. The van der Waals surface area contributed by atoms with Gasteiger partial charge in [-0.2, -0.15) is 13.2 Å². The van der Waals surface area contributed by atoms with Crippen LogP contribution in [0.5, 0.6) is 0 Å². The number of halogens is 3. The van der Waals surface area contributed by atoms with Crippen LogP contribution in [0.2, 0.25) is 0 Å². The lowest BCUT2D eigenvalue weighted by molar-refractivity contribution is -0.192. The minimum atomic E-state index is -5.08. The van der Waals surface area contributed by atoms with Crippen molar-refractivity contribution in [1.82, 2.24) is 10.6 Å². The number of carboxylic acid groups (broad SMARTS) is 1. The molecule has 1 heterocycles. The van der Waals surface area contributed by atoms with Gasteiger partial charge in [-0.3, -0.25) is 9.59 Å². The highest BCUT2D eigenvalue weighted by Gasteiger charge is 2.38. The minimum Gasteiger partial charge on any atom is -0.475 e. The van der Waals surface area contributed by atoms with Gasteiger partial charge in [0.1, 0.15) is 24.3 Å². The summed E-state index contributed by atoms with van der Waals surface area (Å²) in [6.07, 6.45) is 1.65. The number of amides is 3. The smallest absolute Gasteiger partial charge is 0.475 e. The predicted molar refractivity (Wildman–Crippen MR) is 208 cm³/mol. The van der Waals surface area contributed by atoms with E-state index in [-0.39, 0.29) is 18.4 Å². The average Bonchev–Trinajstić information content (AvgIpc) is 3.50. The van der Waals surface area contributed by atoms with Gasteiger partial charge in [0.05, 0.1) is 0 Å². The number of ether oxygens (including phenoxy) is 1. The Hall–Kier alpha value is -5.70. The van der Waals surface area contributed by atoms with Crippen LogP contribution in [0.15, 0.2) is 82.0 Å². The van der Waals surface area contributed by atoms with E-state index < -0.39 is 47.8 Å². The van der Waals surface area contributed by atoms with Gasteiger partial charge in [-0.1, -0.05) is 80.6 Å². The molecule has 0 saturated heterocycles. The quantitative estimate of drug-likeness (QED) is 0.0691. The summed E-state index contributed by atoms with van der Waals surface area (Å²) in [5.41, 5.74) is 11.3. The van der Waals surface area contributed by atoms with Crippen molar-refractivity contribution in [2.75, 3.05) is 18.5 Å². The lowest BCUT2D eigenvalue weighted by atomic mass is 9.84. The summed E-state index contributed by atoms with van der Waals surface area (Å²) in [6.45, 7) is 2.41. The number of rotatable bonds is 13. The second kappa shape index (κ2) is 19.4. The molecule has 0 aliphatic heterocycles. The second-order valence-corrected chi connectivity index (χ2v) is 14.4. The van der Waals surface area contributed by atoms with Crippen LogP contribution in [-0.2, 0) is 19.1 Å². The topological polar surface area (TPSA) is 190 Å². The average molecular weight is 793 g/mol. The van der Waals surface area contributed by atoms with E-state index in [9.17, 15) is 32.3 Å². The molecule has 2 aliphatic rings. The van der Waals surface area contributed by atoms with E-state index in [0.717, 1.165) is 65.3 Å². The monoisotopic (exact) mass is 792 g/mol. The Bertz CT molecular complexity index is 2070. The first-order chi connectivity index (χ1) is 27.2. The Morgan fingerprint density at radius 1 is 0.877 bits per heavy atom. The molecule has 3 amide bonds. The van der Waals surface area contributed by atoms with Crippen LogP contribution in [0.1, 0.15) is 80.4 Å². The van der Waals surface area contributed by atoms with Gasteiger partial charge in [0.25, 0.3) is 0 Å². The van der Waals surface area contributed by atoms with Crippen molar-refractivity contribution in [2.24, 2.45) is 11.7 Å². The molecule has 304 valence electrons. The summed E-state index contributed by atoms with van der Waals surface area (Å²) in [5.74, 6) is -3.44. The number of alkyl halides is 3.